The second-order valence-electron chi connectivity index (χ2n) is 23.9. The molecular formula is C66H89N7O18. The van der Waals surface area contributed by atoms with Crippen LogP contribution in [0, 0.1) is 23.7 Å². The SMILES string of the molecule is CCCCCOc1ccc(-c2ccc(-c3ccc(C(=O)N[C@H]4C[C@@H](O)C(NCCOCCOCCN)NC(=O)C5[C@@H](O)[C@@H](C)CN5C(=O)C([C@@H](C)O)NC(=O)C([C@H](O)[C@@H](O)c5ccc(O)cc5)CC(=O)C5C[C@@H](O)CC5C(=O)C([C@@H](C)O)NC4=O)cc3)cc2)cc1. The number of nitrogens with one attached hydrogen (secondary N) is 5. The molecule has 2 aliphatic heterocycles. The highest BCUT2D eigenvalue weighted by atomic mass is 16.5. The van der Waals surface area contributed by atoms with Gasteiger partial charge in [-0.1, -0.05) is 87.4 Å². The Labute approximate surface area is 529 Å². The number of hydrogen-bond donors (Lipinski definition) is 14. The minimum atomic E-state index is -2.17. The molecule has 16 atom stereocenters. The number of carbonyl (C=O) groups is 7. The predicted octanol–water partition coefficient (Wildman–Crippen LogP) is 0.747. The predicted molar refractivity (Wildman–Crippen MR) is 332 cm³/mol. The highest BCUT2D eigenvalue weighted by Gasteiger charge is 2.51. The molecule has 91 heavy (non-hydrogen) atoms. The normalized spacial score (nSPS) is 26.9. The van der Waals surface area contributed by atoms with E-state index in [1.54, 1.807) is 12.1 Å². The largest absolute Gasteiger partial charge is 0.508 e. The Kier molecular flexibility index (Phi) is 26.5. The minimum absolute atomic E-state index is 0.0185. The van der Waals surface area contributed by atoms with Gasteiger partial charge in [0, 0.05) is 55.8 Å². The van der Waals surface area contributed by atoms with Crippen LogP contribution >= 0.6 is 0 Å². The highest BCUT2D eigenvalue weighted by molar-refractivity contribution is 6.01. The van der Waals surface area contributed by atoms with Crippen LogP contribution in [0.2, 0.25) is 0 Å². The zero-order valence-corrected chi connectivity index (χ0v) is 51.8. The fourth-order valence-corrected chi connectivity index (χ4v) is 11.8. The first-order valence-corrected chi connectivity index (χ1v) is 31.2. The Bertz CT molecular complexity index is 3050. The lowest BCUT2D eigenvalue weighted by Gasteiger charge is -2.34. The lowest BCUT2D eigenvalue weighted by Crippen LogP contribution is -2.63. The zero-order valence-electron chi connectivity index (χ0n) is 51.8. The maximum atomic E-state index is 14.9. The second kappa shape index (κ2) is 33.9. The van der Waals surface area contributed by atoms with Crippen molar-refractivity contribution in [3.8, 4) is 33.8 Å². The summed E-state index contributed by atoms with van der Waals surface area (Å²) in [6.07, 6.45) is -13.2. The Hall–Kier alpha value is -7.27. The Balaban J connectivity index is 1.23. The number of phenols is 1. The van der Waals surface area contributed by atoms with Gasteiger partial charge in [0.1, 0.15) is 53.7 Å². The molecule has 0 radical (unpaired) electrons. The number of fused-ring (bicyclic) bond motifs is 2. The second-order valence-corrected chi connectivity index (χ2v) is 23.9. The number of hydrogen-bond acceptors (Lipinski definition) is 20. The highest BCUT2D eigenvalue weighted by Crippen LogP contribution is 2.38. The monoisotopic (exact) mass is 1270 g/mol. The van der Waals surface area contributed by atoms with Crippen LogP contribution in [0.15, 0.2) is 97.1 Å². The molecule has 7 rings (SSSR count). The maximum absolute atomic E-state index is 14.9. The summed E-state index contributed by atoms with van der Waals surface area (Å²) in [6.45, 7) is 7.03. The van der Waals surface area contributed by atoms with Gasteiger partial charge in [-0.3, -0.25) is 38.9 Å². The van der Waals surface area contributed by atoms with Gasteiger partial charge in [-0.25, -0.2) is 0 Å². The Morgan fingerprint density at radius 2 is 1.25 bits per heavy atom. The number of benzene rings is 4. The number of ether oxygens (including phenoxy) is 3. The summed E-state index contributed by atoms with van der Waals surface area (Å²) in [5.74, 6) is -12.3. The number of nitrogens with two attached hydrogens (primary N) is 1. The number of rotatable bonds is 23. The fourth-order valence-electron chi connectivity index (χ4n) is 11.8. The van der Waals surface area contributed by atoms with Gasteiger partial charge in [0.05, 0.1) is 75.6 Å². The number of aromatic hydroxyl groups is 1. The summed E-state index contributed by atoms with van der Waals surface area (Å²) in [7, 11) is 0. The molecule has 1 aliphatic carbocycles. The van der Waals surface area contributed by atoms with Gasteiger partial charge >= 0.3 is 0 Å². The van der Waals surface area contributed by atoms with Crippen molar-refractivity contribution in [2.45, 2.75) is 146 Å². The van der Waals surface area contributed by atoms with Crippen molar-refractivity contribution in [3.05, 3.63) is 108 Å². The summed E-state index contributed by atoms with van der Waals surface area (Å²) >= 11 is 0. The average Bonchev–Trinajstić information content (AvgIpc) is 1.73. The number of amides is 5. The van der Waals surface area contributed by atoms with Crippen molar-refractivity contribution in [2.75, 3.05) is 52.7 Å². The van der Waals surface area contributed by atoms with Gasteiger partial charge in [0.15, 0.2) is 5.78 Å². The number of nitrogens with zero attached hydrogens (tertiary/aromatic N) is 1. The molecule has 2 heterocycles. The van der Waals surface area contributed by atoms with Gasteiger partial charge in [0.25, 0.3) is 5.91 Å². The fraction of sp³-hybridized carbons (Fsp3) is 0.530. The lowest BCUT2D eigenvalue weighted by molar-refractivity contribution is -0.148. The van der Waals surface area contributed by atoms with Gasteiger partial charge in [-0.15, -0.1) is 0 Å². The molecule has 0 spiro atoms. The molecule has 496 valence electrons. The molecule has 0 bridgehead atoms. The molecule has 4 aromatic carbocycles. The van der Waals surface area contributed by atoms with Crippen LogP contribution in [0.5, 0.6) is 11.5 Å². The van der Waals surface area contributed by atoms with E-state index >= 15 is 0 Å². The van der Waals surface area contributed by atoms with Crippen LogP contribution in [0.1, 0.15) is 94.7 Å². The van der Waals surface area contributed by atoms with E-state index in [1.165, 1.54) is 50.2 Å². The Morgan fingerprint density at radius 1 is 0.681 bits per heavy atom. The third-order valence-electron chi connectivity index (χ3n) is 17.1. The first kappa shape index (κ1) is 71.2. The molecule has 0 aromatic heterocycles. The van der Waals surface area contributed by atoms with Crippen LogP contribution in [-0.4, -0.2) is 206 Å². The smallest absolute Gasteiger partial charge is 0.251 e. The molecule has 15 N–H and O–H groups in total. The van der Waals surface area contributed by atoms with Crippen molar-refractivity contribution < 1.29 is 88.6 Å². The summed E-state index contributed by atoms with van der Waals surface area (Å²) in [4.78, 5) is 104. The van der Waals surface area contributed by atoms with E-state index in [-0.39, 0.29) is 75.8 Å². The van der Waals surface area contributed by atoms with Crippen LogP contribution < -0.4 is 37.1 Å². The molecule has 5 amide bonds. The van der Waals surface area contributed by atoms with E-state index in [0.29, 0.717) is 6.61 Å². The molecule has 3 fully saturated rings. The lowest BCUT2D eigenvalue weighted by atomic mass is 9.80. The van der Waals surface area contributed by atoms with Gasteiger partial charge in [-0.05, 0) is 97.3 Å². The number of carbonyl (C=O) groups excluding carboxylic acids is 7. The number of unbranched alkanes of at least 4 members (excludes halogenated alkanes) is 2. The van der Waals surface area contributed by atoms with Crippen molar-refractivity contribution in [2.24, 2.45) is 29.4 Å². The summed E-state index contributed by atoms with van der Waals surface area (Å²) in [6, 6.07) is 19.5. The van der Waals surface area contributed by atoms with E-state index in [4.69, 9.17) is 19.9 Å². The molecule has 2 saturated heterocycles. The van der Waals surface area contributed by atoms with Crippen LogP contribution in [-0.2, 0) is 38.2 Å². The molecule has 25 nitrogen and oxygen atoms in total. The first-order chi connectivity index (χ1) is 43.5. The Morgan fingerprint density at radius 3 is 1.85 bits per heavy atom. The van der Waals surface area contributed by atoms with Crippen molar-refractivity contribution in [1.29, 1.82) is 0 Å². The number of Topliss-reactive ketones (excluding diaryl/α,β-unsaturated/α-hetero) is 2. The van der Waals surface area contributed by atoms with E-state index in [1.807, 2.05) is 48.5 Å². The van der Waals surface area contributed by atoms with E-state index in [2.05, 4.69) is 33.5 Å². The topological polar surface area (TPSA) is 398 Å². The van der Waals surface area contributed by atoms with E-state index in [9.17, 15) is 74.4 Å². The van der Waals surface area contributed by atoms with Crippen molar-refractivity contribution in [1.82, 2.24) is 31.5 Å². The number of phenolic OH excluding ortho intramolecular Hbond substituents is 1. The molecule has 7 unspecified atom stereocenters. The van der Waals surface area contributed by atoms with E-state index < -0.39 is 151 Å². The van der Waals surface area contributed by atoms with Crippen LogP contribution in [0.4, 0.5) is 0 Å². The average molecular weight is 1270 g/mol. The minimum Gasteiger partial charge on any atom is -0.508 e. The third kappa shape index (κ3) is 18.9. The standard InChI is InChI=1S/C66H89N7O18/c1-5-6-7-26-91-47-22-18-42(19-23-47)40-10-8-39(9-11-40)41-12-14-44(15-13-41)62(84)69-51-34-53(79)61(68-25-28-90-30-29-89-27-24-67)72-65(87)56-57(80)36(2)35-73(56)66(88)55(38(4)75)71-63(85)50(60(83)58(81)43-16-20-45(76)21-17-43)33-52(78)48-31-46(77)32-49(48)59(82)54(37(3)74)70-64(51)86/h8-23,36-38,46,48-51,53-58,60-61,68,74-77,79-81,83H,5-7,24-35,67H2,1-4H3,(H,69,84)(H,70,86)(H,71,85)(H,72,87)/t36-,37+,38+,46+,48?,49?,50?,51-,53+,54?,55?,56?,57-,58-,60-,61?/m0/s1. The molecule has 1 saturated carbocycles. The third-order valence-corrected chi connectivity index (χ3v) is 17.1. The van der Waals surface area contributed by atoms with Gasteiger partial charge in [-0.2, -0.15) is 0 Å². The molecule has 25 heteroatoms. The van der Waals surface area contributed by atoms with E-state index in [0.717, 1.165) is 59.1 Å². The molecule has 4 aromatic rings. The van der Waals surface area contributed by atoms with Gasteiger partial charge in [0.2, 0.25) is 23.6 Å². The van der Waals surface area contributed by atoms with Crippen LogP contribution in [0.25, 0.3) is 22.3 Å². The summed E-state index contributed by atoms with van der Waals surface area (Å²) in [5.41, 5.74) is 9.05. The number of aliphatic hydroxyl groups is 7. The summed E-state index contributed by atoms with van der Waals surface area (Å²) < 4.78 is 16.9. The van der Waals surface area contributed by atoms with Crippen LogP contribution in [0.3, 0.4) is 0 Å². The van der Waals surface area contributed by atoms with Crippen molar-refractivity contribution >= 4 is 41.1 Å². The van der Waals surface area contributed by atoms with Gasteiger partial charge < -0.3 is 87.0 Å². The molecule has 3 aliphatic rings. The molecular weight excluding hydrogens is 1180 g/mol. The maximum Gasteiger partial charge on any atom is 0.251 e. The number of ketones is 2. The first-order valence-electron chi connectivity index (χ1n) is 31.2. The quantitative estimate of drug-likeness (QED) is 0.0456. The number of aliphatic hydroxyl groups excluding tert-OH is 7. The van der Waals surface area contributed by atoms with Crippen molar-refractivity contribution in [3.63, 3.8) is 0 Å². The summed E-state index contributed by atoms with van der Waals surface area (Å²) in [5, 5.41) is 104. The zero-order chi connectivity index (χ0) is 66.1.